The molecule has 0 spiro atoms. The molecule has 1 aliphatic heterocycles. The molecule has 102 valence electrons. The standard InChI is InChI=1S/C16H14BrNO2/c17-14-5-4-12(18)9-13(14)16(19)11-3-6-15-10(8-11)2-1-7-20-15/h3-6,8-9H,1-2,7,18H2. The number of nitrogens with two attached hydrogens (primary N) is 1. The monoisotopic (exact) mass is 331 g/mol. The predicted octanol–water partition coefficient (Wildman–Crippen LogP) is 3.59. The fourth-order valence-corrected chi connectivity index (χ4v) is 2.80. The molecule has 20 heavy (non-hydrogen) atoms. The number of anilines is 1. The highest BCUT2D eigenvalue weighted by atomic mass is 79.9. The zero-order chi connectivity index (χ0) is 14.1. The van der Waals surface area contributed by atoms with E-state index in [9.17, 15) is 4.79 Å². The number of ether oxygens (including phenoxy) is 1. The van der Waals surface area contributed by atoms with Crippen molar-refractivity contribution in [2.45, 2.75) is 12.8 Å². The third-order valence-corrected chi connectivity index (χ3v) is 4.10. The molecule has 0 aliphatic carbocycles. The Morgan fingerprint density at radius 1 is 1.20 bits per heavy atom. The molecule has 2 aromatic carbocycles. The molecular weight excluding hydrogens is 318 g/mol. The number of nitrogen functional groups attached to an aromatic ring is 1. The van der Waals surface area contributed by atoms with Gasteiger partial charge in [-0.2, -0.15) is 0 Å². The van der Waals surface area contributed by atoms with E-state index in [1.54, 1.807) is 18.2 Å². The van der Waals surface area contributed by atoms with Gasteiger partial charge in [0.15, 0.2) is 5.78 Å². The van der Waals surface area contributed by atoms with Crippen LogP contribution in [0.4, 0.5) is 5.69 Å². The van der Waals surface area contributed by atoms with Crippen LogP contribution in [0.15, 0.2) is 40.9 Å². The molecule has 2 N–H and O–H groups in total. The Morgan fingerprint density at radius 3 is 2.90 bits per heavy atom. The second-order valence-corrected chi connectivity index (χ2v) is 5.70. The van der Waals surface area contributed by atoms with Crippen LogP contribution in [-0.4, -0.2) is 12.4 Å². The van der Waals surface area contributed by atoms with Crippen molar-refractivity contribution in [2.24, 2.45) is 0 Å². The van der Waals surface area contributed by atoms with Crippen molar-refractivity contribution in [3.05, 3.63) is 57.6 Å². The summed E-state index contributed by atoms with van der Waals surface area (Å²) < 4.78 is 6.32. The molecule has 0 saturated heterocycles. The summed E-state index contributed by atoms with van der Waals surface area (Å²) in [4.78, 5) is 12.6. The summed E-state index contributed by atoms with van der Waals surface area (Å²) in [5.74, 6) is 0.858. The minimum absolute atomic E-state index is 0.0300. The minimum atomic E-state index is -0.0300. The van der Waals surface area contributed by atoms with Gasteiger partial charge in [-0.3, -0.25) is 4.79 Å². The fourth-order valence-electron chi connectivity index (χ4n) is 2.37. The number of fused-ring (bicyclic) bond motifs is 1. The van der Waals surface area contributed by atoms with Crippen molar-refractivity contribution in [3.8, 4) is 5.75 Å². The Labute approximate surface area is 125 Å². The topological polar surface area (TPSA) is 52.3 Å². The number of carbonyl (C=O) groups excluding carboxylic acids is 1. The van der Waals surface area contributed by atoms with E-state index in [2.05, 4.69) is 15.9 Å². The Bertz CT molecular complexity index is 682. The molecule has 4 heteroatoms. The van der Waals surface area contributed by atoms with Crippen molar-refractivity contribution in [1.82, 2.24) is 0 Å². The molecule has 3 nitrogen and oxygen atoms in total. The molecule has 0 atom stereocenters. The van der Waals surface area contributed by atoms with Crippen LogP contribution in [0.3, 0.4) is 0 Å². The van der Waals surface area contributed by atoms with Crippen LogP contribution in [0.1, 0.15) is 27.9 Å². The number of benzene rings is 2. The lowest BCUT2D eigenvalue weighted by molar-refractivity contribution is 0.103. The van der Waals surface area contributed by atoms with Gasteiger partial charge in [0.25, 0.3) is 0 Å². The van der Waals surface area contributed by atoms with Gasteiger partial charge in [0, 0.05) is 21.3 Å². The third-order valence-electron chi connectivity index (χ3n) is 3.41. The molecule has 1 aliphatic rings. The van der Waals surface area contributed by atoms with Gasteiger partial charge in [-0.15, -0.1) is 0 Å². The highest BCUT2D eigenvalue weighted by Gasteiger charge is 2.17. The third kappa shape index (κ3) is 2.43. The number of ketones is 1. The smallest absolute Gasteiger partial charge is 0.194 e. The average molecular weight is 332 g/mol. The average Bonchev–Trinajstić information content (AvgIpc) is 2.48. The molecule has 3 rings (SSSR count). The summed E-state index contributed by atoms with van der Waals surface area (Å²) in [6.07, 6.45) is 1.95. The first-order valence-corrected chi connectivity index (χ1v) is 7.30. The van der Waals surface area contributed by atoms with Crippen LogP contribution in [0.25, 0.3) is 0 Å². The summed E-state index contributed by atoms with van der Waals surface area (Å²) >= 11 is 3.40. The van der Waals surface area contributed by atoms with E-state index in [0.29, 0.717) is 16.8 Å². The Kier molecular flexibility index (Phi) is 3.49. The molecular formula is C16H14BrNO2. The van der Waals surface area contributed by atoms with Gasteiger partial charge >= 0.3 is 0 Å². The SMILES string of the molecule is Nc1ccc(Br)c(C(=O)c2ccc3c(c2)CCCO3)c1. The van der Waals surface area contributed by atoms with Crippen LogP contribution >= 0.6 is 15.9 Å². The molecule has 0 fully saturated rings. The van der Waals surface area contributed by atoms with Crippen LogP contribution in [0, 0.1) is 0 Å². The molecule has 0 unspecified atom stereocenters. The summed E-state index contributed by atoms with van der Waals surface area (Å²) in [6.45, 7) is 0.751. The number of hydrogen-bond acceptors (Lipinski definition) is 3. The van der Waals surface area contributed by atoms with Crippen LogP contribution < -0.4 is 10.5 Å². The highest BCUT2D eigenvalue weighted by Crippen LogP contribution is 2.28. The zero-order valence-electron chi connectivity index (χ0n) is 10.9. The second-order valence-electron chi connectivity index (χ2n) is 4.84. The summed E-state index contributed by atoms with van der Waals surface area (Å²) in [5.41, 5.74) is 8.69. The lowest BCUT2D eigenvalue weighted by atomic mass is 9.98. The van der Waals surface area contributed by atoms with Gasteiger partial charge in [0.2, 0.25) is 0 Å². The summed E-state index contributed by atoms with van der Waals surface area (Å²) in [6, 6.07) is 10.9. The Morgan fingerprint density at radius 2 is 2.05 bits per heavy atom. The predicted molar refractivity (Wildman–Crippen MR) is 82.2 cm³/mol. The van der Waals surface area contributed by atoms with Crippen molar-refractivity contribution in [1.29, 1.82) is 0 Å². The first-order valence-electron chi connectivity index (χ1n) is 6.50. The van der Waals surface area contributed by atoms with Crippen LogP contribution in [-0.2, 0) is 6.42 Å². The minimum Gasteiger partial charge on any atom is -0.493 e. The van der Waals surface area contributed by atoms with E-state index >= 15 is 0 Å². The fraction of sp³-hybridized carbons (Fsp3) is 0.188. The van der Waals surface area contributed by atoms with Gasteiger partial charge in [0.1, 0.15) is 5.75 Å². The van der Waals surface area contributed by atoms with Crippen molar-refractivity contribution in [2.75, 3.05) is 12.3 Å². The van der Waals surface area contributed by atoms with Gasteiger partial charge < -0.3 is 10.5 Å². The van der Waals surface area contributed by atoms with E-state index < -0.39 is 0 Å². The zero-order valence-corrected chi connectivity index (χ0v) is 12.4. The van der Waals surface area contributed by atoms with Crippen LogP contribution in [0.2, 0.25) is 0 Å². The lowest BCUT2D eigenvalue weighted by Gasteiger charge is -2.17. The molecule has 0 saturated carbocycles. The van der Waals surface area contributed by atoms with E-state index in [1.165, 1.54) is 0 Å². The first kappa shape index (κ1) is 13.2. The van der Waals surface area contributed by atoms with E-state index in [4.69, 9.17) is 10.5 Å². The molecule has 0 aromatic heterocycles. The maximum atomic E-state index is 12.6. The van der Waals surface area contributed by atoms with Gasteiger partial charge in [0.05, 0.1) is 6.61 Å². The van der Waals surface area contributed by atoms with Gasteiger partial charge in [-0.05, 0) is 54.8 Å². The Balaban J connectivity index is 2.00. The normalized spacial score (nSPS) is 13.4. The largest absolute Gasteiger partial charge is 0.493 e. The number of carbonyl (C=O) groups is 1. The maximum absolute atomic E-state index is 12.6. The van der Waals surface area contributed by atoms with Crippen LogP contribution in [0.5, 0.6) is 5.75 Å². The van der Waals surface area contributed by atoms with Gasteiger partial charge in [-0.25, -0.2) is 0 Å². The van der Waals surface area contributed by atoms with Gasteiger partial charge in [-0.1, -0.05) is 15.9 Å². The molecule has 0 radical (unpaired) electrons. The van der Waals surface area contributed by atoms with E-state index in [1.807, 2.05) is 18.2 Å². The highest BCUT2D eigenvalue weighted by molar-refractivity contribution is 9.10. The van der Waals surface area contributed by atoms with Crippen molar-refractivity contribution < 1.29 is 9.53 Å². The number of rotatable bonds is 2. The molecule has 0 amide bonds. The Hall–Kier alpha value is -1.81. The summed E-state index contributed by atoms with van der Waals surface area (Å²) in [7, 11) is 0. The number of halogens is 1. The van der Waals surface area contributed by atoms with E-state index in [0.717, 1.165) is 35.2 Å². The lowest BCUT2D eigenvalue weighted by Crippen LogP contribution is -2.10. The quantitative estimate of drug-likeness (QED) is 0.675. The van der Waals surface area contributed by atoms with Crippen molar-refractivity contribution in [3.63, 3.8) is 0 Å². The second kappa shape index (κ2) is 5.29. The summed E-state index contributed by atoms with van der Waals surface area (Å²) in [5, 5.41) is 0. The first-order chi connectivity index (χ1) is 9.65. The number of aryl methyl sites for hydroxylation is 1. The van der Waals surface area contributed by atoms with E-state index in [-0.39, 0.29) is 5.78 Å². The maximum Gasteiger partial charge on any atom is 0.194 e. The molecule has 1 heterocycles. The van der Waals surface area contributed by atoms with Crippen molar-refractivity contribution >= 4 is 27.4 Å². The molecule has 2 aromatic rings. The number of hydrogen-bond donors (Lipinski definition) is 1. The molecule has 0 bridgehead atoms.